The maximum Gasteiger partial charge on any atom is 0.220 e. The Kier molecular flexibility index (Phi) is 4.85. The second kappa shape index (κ2) is 7.22. The fraction of sp³-hybridized carbons (Fsp3) is 0.263. The number of carbonyl (C=O) groups excluding carboxylic acids is 1. The van der Waals surface area contributed by atoms with Crippen LogP contribution in [0.15, 0.2) is 42.5 Å². The molecule has 3 rings (SSSR count). The van der Waals surface area contributed by atoms with E-state index < -0.39 is 5.82 Å². The number of rotatable bonds is 4. The molecule has 2 aromatic carbocycles. The summed E-state index contributed by atoms with van der Waals surface area (Å²) < 4.78 is 13.6. The molecule has 3 N–H and O–H groups in total. The van der Waals surface area contributed by atoms with Gasteiger partial charge in [0.2, 0.25) is 5.91 Å². The van der Waals surface area contributed by atoms with Crippen LogP contribution in [-0.4, -0.2) is 19.0 Å². The van der Waals surface area contributed by atoms with Crippen LogP contribution < -0.4 is 16.0 Å². The quantitative estimate of drug-likeness (QED) is 0.897. The monoisotopic (exact) mass is 338 g/mol. The van der Waals surface area contributed by atoms with Gasteiger partial charge in [0.15, 0.2) is 0 Å². The normalized spacial score (nSPS) is 14.8. The minimum absolute atomic E-state index is 0.0000931. The van der Waals surface area contributed by atoms with Gasteiger partial charge in [0.1, 0.15) is 17.4 Å². The number of anilines is 3. The number of nitrogens with zero attached hydrogens (tertiary/aromatic N) is 2. The molecule has 2 aromatic rings. The van der Waals surface area contributed by atoms with Crippen LogP contribution in [0.3, 0.4) is 0 Å². The van der Waals surface area contributed by atoms with Crippen molar-refractivity contribution in [2.75, 3.05) is 23.3 Å². The molecule has 6 heteroatoms. The van der Waals surface area contributed by atoms with E-state index in [4.69, 9.17) is 11.0 Å². The number of nitriles is 1. The highest BCUT2D eigenvalue weighted by atomic mass is 19.1. The lowest BCUT2D eigenvalue weighted by Crippen LogP contribution is -2.38. The number of primary amides is 1. The highest BCUT2D eigenvalue weighted by molar-refractivity contribution is 5.77. The first kappa shape index (κ1) is 16.8. The van der Waals surface area contributed by atoms with E-state index in [1.54, 1.807) is 12.1 Å². The lowest BCUT2D eigenvalue weighted by molar-refractivity contribution is -0.122. The second-order valence-electron chi connectivity index (χ2n) is 6.11. The fourth-order valence-electron chi connectivity index (χ4n) is 3.08. The number of carbonyl (C=O) groups is 1. The van der Waals surface area contributed by atoms with Crippen LogP contribution in [0, 0.1) is 23.1 Å². The van der Waals surface area contributed by atoms with E-state index in [1.165, 1.54) is 6.07 Å². The number of hydrogen-bond donors (Lipinski definition) is 2. The molecule has 1 heterocycles. The van der Waals surface area contributed by atoms with Crippen molar-refractivity contribution in [1.29, 1.82) is 5.26 Å². The molecule has 1 amide bonds. The van der Waals surface area contributed by atoms with Gasteiger partial charge in [-0.15, -0.1) is 0 Å². The van der Waals surface area contributed by atoms with Gasteiger partial charge in [0, 0.05) is 30.4 Å². The average molecular weight is 338 g/mol. The second-order valence-corrected chi connectivity index (χ2v) is 6.11. The Morgan fingerprint density at radius 2 is 1.88 bits per heavy atom. The molecule has 0 spiro atoms. The molecule has 1 aliphatic rings. The molecule has 0 unspecified atom stereocenters. The molecular formula is C19H19FN4O. The van der Waals surface area contributed by atoms with E-state index in [2.05, 4.69) is 10.2 Å². The predicted molar refractivity (Wildman–Crippen MR) is 95.0 cm³/mol. The molecule has 0 aliphatic carbocycles. The number of benzene rings is 2. The standard InChI is InChI=1S/C19H19FN4O/c20-17-2-1-3-18(16(17)12-21)23-14-4-6-15(7-5-14)24-10-8-13(9-11-24)19(22)25/h1-7,13,23H,8-11H2,(H2,22,25). The van der Waals surface area contributed by atoms with Crippen molar-refractivity contribution < 1.29 is 9.18 Å². The minimum Gasteiger partial charge on any atom is -0.371 e. The van der Waals surface area contributed by atoms with Crippen LogP contribution in [0.25, 0.3) is 0 Å². The third-order valence-electron chi connectivity index (χ3n) is 4.53. The number of amides is 1. The van der Waals surface area contributed by atoms with Crippen molar-refractivity contribution in [1.82, 2.24) is 0 Å². The summed E-state index contributed by atoms with van der Waals surface area (Å²) in [4.78, 5) is 13.5. The Labute approximate surface area is 145 Å². The van der Waals surface area contributed by atoms with Gasteiger partial charge in [-0.05, 0) is 49.2 Å². The van der Waals surface area contributed by atoms with Crippen LogP contribution in [0.2, 0.25) is 0 Å². The third-order valence-corrected chi connectivity index (χ3v) is 4.53. The molecule has 0 saturated carbocycles. The maximum absolute atomic E-state index is 13.6. The summed E-state index contributed by atoms with van der Waals surface area (Å²) in [6.45, 7) is 1.59. The molecule has 1 saturated heterocycles. The summed E-state index contributed by atoms with van der Waals surface area (Å²) in [5.41, 5.74) is 7.64. The highest BCUT2D eigenvalue weighted by Crippen LogP contribution is 2.27. The summed E-state index contributed by atoms with van der Waals surface area (Å²) in [6.07, 6.45) is 1.54. The predicted octanol–water partition coefficient (Wildman–Crippen LogP) is 3.14. The van der Waals surface area contributed by atoms with Crippen molar-refractivity contribution in [2.45, 2.75) is 12.8 Å². The van der Waals surface area contributed by atoms with Gasteiger partial charge in [-0.25, -0.2) is 4.39 Å². The first-order valence-corrected chi connectivity index (χ1v) is 8.18. The Bertz CT molecular complexity index is 805. The number of nitrogens with two attached hydrogens (primary N) is 1. The van der Waals surface area contributed by atoms with Gasteiger partial charge in [-0.3, -0.25) is 4.79 Å². The Hall–Kier alpha value is -3.07. The van der Waals surface area contributed by atoms with Crippen LogP contribution >= 0.6 is 0 Å². The summed E-state index contributed by atoms with van der Waals surface area (Å²) in [5, 5.41) is 12.2. The zero-order valence-corrected chi connectivity index (χ0v) is 13.7. The number of halogens is 1. The van der Waals surface area contributed by atoms with Gasteiger partial charge in [0.05, 0.1) is 5.69 Å². The molecule has 0 atom stereocenters. The van der Waals surface area contributed by atoms with Crippen LogP contribution in [0.5, 0.6) is 0 Å². The van der Waals surface area contributed by atoms with Gasteiger partial charge >= 0.3 is 0 Å². The van der Waals surface area contributed by atoms with E-state index in [0.29, 0.717) is 5.69 Å². The fourth-order valence-corrected chi connectivity index (χ4v) is 3.08. The van der Waals surface area contributed by atoms with Gasteiger partial charge < -0.3 is 16.0 Å². The van der Waals surface area contributed by atoms with Crippen molar-refractivity contribution in [3.8, 4) is 6.07 Å². The van der Waals surface area contributed by atoms with E-state index in [1.807, 2.05) is 30.3 Å². The molecule has 0 aromatic heterocycles. The summed E-state index contributed by atoms with van der Waals surface area (Å²) in [6, 6.07) is 14.1. The molecule has 5 nitrogen and oxygen atoms in total. The topological polar surface area (TPSA) is 82.2 Å². The molecule has 25 heavy (non-hydrogen) atoms. The average Bonchev–Trinajstić information content (AvgIpc) is 2.63. The summed E-state index contributed by atoms with van der Waals surface area (Å²) in [7, 11) is 0. The molecule has 1 fully saturated rings. The van der Waals surface area contributed by atoms with Crippen LogP contribution in [0.1, 0.15) is 18.4 Å². The van der Waals surface area contributed by atoms with E-state index in [-0.39, 0.29) is 17.4 Å². The minimum atomic E-state index is -0.540. The lowest BCUT2D eigenvalue weighted by atomic mass is 9.96. The molecule has 0 bridgehead atoms. The molecule has 0 radical (unpaired) electrons. The molecule has 1 aliphatic heterocycles. The number of hydrogen-bond acceptors (Lipinski definition) is 4. The third kappa shape index (κ3) is 3.72. The van der Waals surface area contributed by atoms with Gasteiger partial charge in [-0.2, -0.15) is 5.26 Å². The summed E-state index contributed by atoms with van der Waals surface area (Å²) >= 11 is 0. The lowest BCUT2D eigenvalue weighted by Gasteiger charge is -2.32. The Morgan fingerprint density at radius 1 is 1.20 bits per heavy atom. The van der Waals surface area contributed by atoms with Crippen molar-refractivity contribution in [3.63, 3.8) is 0 Å². The zero-order valence-electron chi connectivity index (χ0n) is 13.7. The first-order chi connectivity index (χ1) is 12.1. The van der Waals surface area contributed by atoms with E-state index in [9.17, 15) is 9.18 Å². The number of nitrogens with one attached hydrogen (secondary N) is 1. The molecular weight excluding hydrogens is 319 g/mol. The highest BCUT2D eigenvalue weighted by Gasteiger charge is 2.23. The van der Waals surface area contributed by atoms with Crippen LogP contribution in [0.4, 0.5) is 21.5 Å². The van der Waals surface area contributed by atoms with Crippen molar-refractivity contribution >= 4 is 23.0 Å². The summed E-state index contributed by atoms with van der Waals surface area (Å²) in [5.74, 6) is -0.793. The zero-order chi connectivity index (χ0) is 17.8. The first-order valence-electron chi connectivity index (χ1n) is 8.18. The molecule has 128 valence electrons. The van der Waals surface area contributed by atoms with E-state index in [0.717, 1.165) is 37.3 Å². The smallest absolute Gasteiger partial charge is 0.220 e. The largest absolute Gasteiger partial charge is 0.371 e. The Balaban J connectivity index is 1.69. The SMILES string of the molecule is N#Cc1c(F)cccc1Nc1ccc(N2CCC(C(N)=O)CC2)cc1. The van der Waals surface area contributed by atoms with E-state index >= 15 is 0 Å². The number of piperidine rings is 1. The maximum atomic E-state index is 13.6. The van der Waals surface area contributed by atoms with Crippen molar-refractivity contribution in [3.05, 3.63) is 53.8 Å². The van der Waals surface area contributed by atoms with Crippen LogP contribution in [-0.2, 0) is 4.79 Å². The van der Waals surface area contributed by atoms with Gasteiger partial charge in [-0.1, -0.05) is 6.07 Å². The van der Waals surface area contributed by atoms with Gasteiger partial charge in [0.25, 0.3) is 0 Å². The Morgan fingerprint density at radius 3 is 2.48 bits per heavy atom. The van der Waals surface area contributed by atoms with Crippen molar-refractivity contribution in [2.24, 2.45) is 11.7 Å².